The van der Waals surface area contributed by atoms with Crippen molar-refractivity contribution in [3.05, 3.63) is 0 Å². The molecule has 0 fully saturated rings. The minimum absolute atomic E-state index is 0.0855. The molecule has 0 saturated carbocycles. The quantitative estimate of drug-likeness (QED) is 0.659. The molecule has 5 heteroatoms. The van der Waals surface area contributed by atoms with Gasteiger partial charge in [0.05, 0.1) is 12.5 Å². The van der Waals surface area contributed by atoms with E-state index >= 15 is 0 Å². The van der Waals surface area contributed by atoms with E-state index in [1.807, 2.05) is 13.8 Å². The number of amides is 1. The maximum atomic E-state index is 11.5. The minimum atomic E-state index is -1.05. The maximum absolute atomic E-state index is 11.5. The lowest BCUT2D eigenvalue weighted by atomic mass is 10.1. The predicted molar refractivity (Wildman–Crippen MR) is 52.8 cm³/mol. The molecule has 3 N–H and O–H groups in total. The molecule has 5 nitrogen and oxygen atoms in total. The lowest BCUT2D eigenvalue weighted by Crippen LogP contribution is -2.46. The zero-order valence-corrected chi connectivity index (χ0v) is 8.86. The summed E-state index contributed by atoms with van der Waals surface area (Å²) in [6.07, 6.45) is 0.502. The zero-order valence-electron chi connectivity index (χ0n) is 8.86. The fraction of sp³-hybridized carbons (Fsp3) is 0.778. The van der Waals surface area contributed by atoms with Gasteiger partial charge in [0.15, 0.2) is 0 Å². The molecule has 0 aromatic heterocycles. The Balaban J connectivity index is 4.23. The van der Waals surface area contributed by atoms with Crippen LogP contribution in [0.2, 0.25) is 0 Å². The van der Waals surface area contributed by atoms with Gasteiger partial charge in [-0.1, -0.05) is 6.92 Å². The van der Waals surface area contributed by atoms with Gasteiger partial charge in [0, 0.05) is 13.1 Å². The van der Waals surface area contributed by atoms with E-state index in [2.05, 4.69) is 0 Å². The van der Waals surface area contributed by atoms with Crippen LogP contribution in [0.25, 0.3) is 0 Å². The normalized spacial score (nSPS) is 14.6. The minimum Gasteiger partial charge on any atom is -0.481 e. The highest BCUT2D eigenvalue weighted by molar-refractivity contribution is 5.85. The van der Waals surface area contributed by atoms with Gasteiger partial charge >= 0.3 is 5.97 Å². The topological polar surface area (TPSA) is 83.6 Å². The molecule has 0 spiro atoms. The van der Waals surface area contributed by atoms with Gasteiger partial charge in [-0.3, -0.25) is 9.59 Å². The Bertz CT molecular complexity index is 218. The lowest BCUT2D eigenvalue weighted by molar-refractivity contribution is -0.142. The van der Waals surface area contributed by atoms with Crippen LogP contribution in [0.3, 0.4) is 0 Å². The molecule has 2 atom stereocenters. The molecule has 0 aliphatic heterocycles. The van der Waals surface area contributed by atoms with Crippen molar-refractivity contribution in [2.45, 2.75) is 38.8 Å². The summed E-state index contributed by atoms with van der Waals surface area (Å²) < 4.78 is 0. The standard InChI is InChI=1S/C9H18N2O3/c1-4-6(2)11(3)9(14)7(10)5-8(12)13/h6-7H,4-5,10H2,1-3H3,(H,12,13). The molecule has 0 bridgehead atoms. The van der Waals surface area contributed by atoms with Gasteiger partial charge in [-0.25, -0.2) is 0 Å². The molecule has 14 heavy (non-hydrogen) atoms. The number of carboxylic acids is 1. The van der Waals surface area contributed by atoms with E-state index in [4.69, 9.17) is 10.8 Å². The SMILES string of the molecule is CCC(C)N(C)C(=O)C(N)CC(=O)O. The number of nitrogens with two attached hydrogens (primary N) is 1. The average molecular weight is 202 g/mol. The van der Waals surface area contributed by atoms with Crippen molar-refractivity contribution in [2.75, 3.05) is 7.05 Å². The monoisotopic (exact) mass is 202 g/mol. The van der Waals surface area contributed by atoms with Crippen molar-refractivity contribution < 1.29 is 14.7 Å². The number of carbonyl (C=O) groups excluding carboxylic acids is 1. The summed E-state index contributed by atoms with van der Waals surface area (Å²) in [7, 11) is 1.64. The summed E-state index contributed by atoms with van der Waals surface area (Å²) in [5, 5.41) is 8.46. The predicted octanol–water partition coefficient (Wildman–Crippen LogP) is 0.0453. The van der Waals surface area contributed by atoms with E-state index < -0.39 is 12.0 Å². The van der Waals surface area contributed by atoms with Crippen molar-refractivity contribution in [1.82, 2.24) is 4.90 Å². The fourth-order valence-electron chi connectivity index (χ4n) is 1.03. The maximum Gasteiger partial charge on any atom is 0.305 e. The molecule has 0 aliphatic rings. The molecular weight excluding hydrogens is 184 g/mol. The summed E-state index contributed by atoms with van der Waals surface area (Å²) in [4.78, 5) is 23.3. The van der Waals surface area contributed by atoms with Crippen molar-refractivity contribution in [3.8, 4) is 0 Å². The summed E-state index contributed by atoms with van der Waals surface area (Å²) in [5.41, 5.74) is 5.44. The van der Waals surface area contributed by atoms with Crippen LogP contribution in [-0.4, -0.2) is 41.0 Å². The Labute approximate surface area is 83.9 Å². The van der Waals surface area contributed by atoms with Gasteiger partial charge in [-0.2, -0.15) is 0 Å². The number of nitrogens with zero attached hydrogens (tertiary/aromatic N) is 1. The molecule has 82 valence electrons. The van der Waals surface area contributed by atoms with Gasteiger partial charge in [-0.05, 0) is 13.3 Å². The highest BCUT2D eigenvalue weighted by Crippen LogP contribution is 2.03. The fourth-order valence-corrected chi connectivity index (χ4v) is 1.03. The van der Waals surface area contributed by atoms with Crippen LogP contribution in [0.1, 0.15) is 26.7 Å². The number of carboxylic acid groups (broad SMARTS) is 1. The summed E-state index contributed by atoms with van der Waals surface area (Å²) >= 11 is 0. The van der Waals surface area contributed by atoms with Gasteiger partial charge in [0.25, 0.3) is 0 Å². The Hall–Kier alpha value is -1.10. The van der Waals surface area contributed by atoms with E-state index in [1.165, 1.54) is 4.90 Å². The third kappa shape index (κ3) is 3.74. The number of carbonyl (C=O) groups is 2. The molecular formula is C9H18N2O3. The molecule has 0 saturated heterocycles. The second-order valence-corrected chi connectivity index (χ2v) is 3.41. The van der Waals surface area contributed by atoms with Crippen LogP contribution in [0, 0.1) is 0 Å². The van der Waals surface area contributed by atoms with E-state index in [0.717, 1.165) is 6.42 Å². The first-order chi connectivity index (χ1) is 6.40. The van der Waals surface area contributed by atoms with Crippen LogP contribution in [0.4, 0.5) is 0 Å². The average Bonchev–Trinajstić information content (AvgIpc) is 2.13. The summed E-state index contributed by atoms with van der Waals surface area (Å²) in [6.45, 7) is 3.85. The molecule has 0 aliphatic carbocycles. The second kappa shape index (κ2) is 5.59. The van der Waals surface area contributed by atoms with Crippen LogP contribution in [0.15, 0.2) is 0 Å². The Morgan fingerprint density at radius 2 is 2.00 bits per heavy atom. The number of hydrogen-bond acceptors (Lipinski definition) is 3. The van der Waals surface area contributed by atoms with Gasteiger partial charge in [0.2, 0.25) is 5.91 Å². The molecule has 0 heterocycles. The van der Waals surface area contributed by atoms with Crippen molar-refractivity contribution in [3.63, 3.8) is 0 Å². The number of hydrogen-bond donors (Lipinski definition) is 2. The molecule has 0 aromatic carbocycles. The molecule has 0 rings (SSSR count). The van der Waals surface area contributed by atoms with Crippen LogP contribution in [0.5, 0.6) is 0 Å². The first-order valence-corrected chi connectivity index (χ1v) is 4.64. The van der Waals surface area contributed by atoms with Gasteiger partial charge in [-0.15, -0.1) is 0 Å². The third-order valence-corrected chi connectivity index (χ3v) is 2.31. The van der Waals surface area contributed by atoms with Crippen molar-refractivity contribution >= 4 is 11.9 Å². The number of likely N-dealkylation sites (N-methyl/N-ethyl adjacent to an activating group) is 1. The largest absolute Gasteiger partial charge is 0.481 e. The molecule has 2 unspecified atom stereocenters. The van der Waals surface area contributed by atoms with E-state index in [1.54, 1.807) is 7.05 Å². The van der Waals surface area contributed by atoms with Crippen molar-refractivity contribution in [2.24, 2.45) is 5.73 Å². The first-order valence-electron chi connectivity index (χ1n) is 4.64. The van der Waals surface area contributed by atoms with Gasteiger partial charge < -0.3 is 15.7 Å². The highest BCUT2D eigenvalue weighted by Gasteiger charge is 2.22. The van der Waals surface area contributed by atoms with Crippen LogP contribution < -0.4 is 5.73 Å². The third-order valence-electron chi connectivity index (χ3n) is 2.31. The lowest BCUT2D eigenvalue weighted by Gasteiger charge is -2.26. The number of rotatable bonds is 5. The summed E-state index contributed by atoms with van der Waals surface area (Å²) in [5.74, 6) is -1.37. The van der Waals surface area contributed by atoms with Crippen LogP contribution >= 0.6 is 0 Å². The van der Waals surface area contributed by atoms with Crippen LogP contribution in [-0.2, 0) is 9.59 Å². The van der Waals surface area contributed by atoms with E-state index in [0.29, 0.717) is 0 Å². The van der Waals surface area contributed by atoms with Gasteiger partial charge in [0.1, 0.15) is 0 Å². The van der Waals surface area contributed by atoms with E-state index in [-0.39, 0.29) is 18.4 Å². The second-order valence-electron chi connectivity index (χ2n) is 3.41. The smallest absolute Gasteiger partial charge is 0.305 e. The Kier molecular flexibility index (Phi) is 5.15. The summed E-state index contributed by atoms with van der Waals surface area (Å²) in [6, 6.07) is -0.853. The molecule has 1 amide bonds. The molecule has 0 radical (unpaired) electrons. The zero-order chi connectivity index (χ0) is 11.3. The first kappa shape index (κ1) is 12.9. The Morgan fingerprint density at radius 3 is 2.36 bits per heavy atom. The van der Waals surface area contributed by atoms with Crippen molar-refractivity contribution in [1.29, 1.82) is 0 Å². The molecule has 0 aromatic rings. The highest BCUT2D eigenvalue weighted by atomic mass is 16.4. The number of aliphatic carboxylic acids is 1. The Morgan fingerprint density at radius 1 is 1.50 bits per heavy atom. The van der Waals surface area contributed by atoms with E-state index in [9.17, 15) is 9.59 Å².